The first-order chi connectivity index (χ1) is 14.9. The van der Waals surface area contributed by atoms with Crippen molar-refractivity contribution in [3.63, 3.8) is 0 Å². The molecule has 5 rings (SSSR count). The van der Waals surface area contributed by atoms with Gasteiger partial charge < -0.3 is 0 Å². The molecule has 6 heteroatoms. The molecule has 6 nitrogen and oxygen atoms in total. The number of piperazine rings is 1. The summed E-state index contributed by atoms with van der Waals surface area (Å²) in [7, 11) is 0. The van der Waals surface area contributed by atoms with Crippen LogP contribution in [-0.4, -0.2) is 62.2 Å². The molecular weight excluding hydrogens is 372 g/mol. The highest BCUT2D eigenvalue weighted by Gasteiger charge is 2.32. The minimum atomic E-state index is 0.0793. The summed E-state index contributed by atoms with van der Waals surface area (Å²) >= 11 is 0. The Hall–Kier alpha value is -2.57. The van der Waals surface area contributed by atoms with Crippen molar-refractivity contribution in [2.45, 2.75) is 44.3 Å². The zero-order chi connectivity index (χ0) is 20.2. The third-order valence-corrected chi connectivity index (χ3v) is 6.65. The minimum absolute atomic E-state index is 0.0793. The van der Waals surface area contributed by atoms with Crippen LogP contribution in [0.3, 0.4) is 0 Å². The predicted octanol–water partition coefficient (Wildman–Crippen LogP) is 3.37. The Morgan fingerprint density at radius 2 is 1.50 bits per heavy atom. The number of hydrogen-bond acceptors (Lipinski definition) is 5. The third-order valence-electron chi connectivity index (χ3n) is 6.65. The summed E-state index contributed by atoms with van der Waals surface area (Å²) < 4.78 is 1.97. The highest BCUT2D eigenvalue weighted by Crippen LogP contribution is 2.30. The van der Waals surface area contributed by atoms with Crippen molar-refractivity contribution in [1.82, 2.24) is 30.0 Å². The van der Waals surface area contributed by atoms with Gasteiger partial charge in [-0.3, -0.25) is 9.80 Å². The third kappa shape index (κ3) is 4.16. The number of aromatic nitrogens is 4. The van der Waals surface area contributed by atoms with Crippen molar-refractivity contribution < 1.29 is 0 Å². The zero-order valence-corrected chi connectivity index (χ0v) is 17.5. The summed E-state index contributed by atoms with van der Waals surface area (Å²) in [5, 5.41) is 12.9. The molecule has 3 aromatic rings. The van der Waals surface area contributed by atoms with E-state index in [1.807, 2.05) is 10.7 Å². The topological polar surface area (TPSA) is 50.1 Å². The van der Waals surface area contributed by atoms with E-state index in [9.17, 15) is 0 Å². The molecule has 0 N–H and O–H groups in total. The van der Waals surface area contributed by atoms with Gasteiger partial charge >= 0.3 is 0 Å². The van der Waals surface area contributed by atoms with Crippen LogP contribution in [0.1, 0.15) is 48.7 Å². The maximum atomic E-state index is 4.51. The molecule has 1 aromatic heterocycles. The first-order valence-electron chi connectivity index (χ1n) is 11.2. The van der Waals surface area contributed by atoms with Crippen molar-refractivity contribution in [2.24, 2.45) is 0 Å². The first-order valence-corrected chi connectivity index (χ1v) is 11.2. The lowest BCUT2D eigenvalue weighted by Crippen LogP contribution is -2.51. The molecule has 1 atom stereocenters. The van der Waals surface area contributed by atoms with Crippen LogP contribution in [0, 0.1) is 0 Å². The van der Waals surface area contributed by atoms with Crippen molar-refractivity contribution in [2.75, 3.05) is 26.2 Å². The Kier molecular flexibility index (Phi) is 5.86. The standard InChI is InChI=1S/C24H30N6/c1-3-9-20(10-4-1)19-30-24(25-26-27-30)23(21-11-5-2-6-12-21)29-17-15-28(16-18-29)22-13-7-8-14-22/h1-6,9-12,22-23H,7-8,13-19H2. The second-order valence-corrected chi connectivity index (χ2v) is 8.50. The number of hydrogen-bond donors (Lipinski definition) is 0. The Bertz CT molecular complexity index is 911. The molecule has 156 valence electrons. The molecule has 0 spiro atoms. The average molecular weight is 403 g/mol. The highest BCUT2D eigenvalue weighted by atomic mass is 15.6. The fraction of sp³-hybridized carbons (Fsp3) is 0.458. The Balaban J connectivity index is 1.39. The monoisotopic (exact) mass is 402 g/mol. The Morgan fingerprint density at radius 3 is 2.20 bits per heavy atom. The molecule has 1 unspecified atom stereocenters. The van der Waals surface area contributed by atoms with Gasteiger partial charge in [-0.1, -0.05) is 73.5 Å². The maximum Gasteiger partial charge on any atom is 0.173 e. The van der Waals surface area contributed by atoms with Gasteiger partial charge in [-0.15, -0.1) is 5.10 Å². The maximum absolute atomic E-state index is 4.51. The number of benzene rings is 2. The minimum Gasteiger partial charge on any atom is -0.298 e. The van der Waals surface area contributed by atoms with E-state index in [4.69, 9.17) is 0 Å². The lowest BCUT2D eigenvalue weighted by Gasteiger charge is -2.41. The molecule has 1 saturated heterocycles. The van der Waals surface area contributed by atoms with Gasteiger partial charge in [0.1, 0.15) is 0 Å². The molecule has 2 fully saturated rings. The van der Waals surface area contributed by atoms with Crippen LogP contribution in [0.4, 0.5) is 0 Å². The van der Waals surface area contributed by atoms with Crippen LogP contribution in [0.15, 0.2) is 60.7 Å². The highest BCUT2D eigenvalue weighted by molar-refractivity contribution is 5.25. The average Bonchev–Trinajstić information content (AvgIpc) is 3.49. The lowest BCUT2D eigenvalue weighted by atomic mass is 10.0. The molecule has 2 aliphatic rings. The van der Waals surface area contributed by atoms with Crippen molar-refractivity contribution in [3.05, 3.63) is 77.6 Å². The first kappa shape index (κ1) is 19.4. The molecular formula is C24H30N6. The van der Waals surface area contributed by atoms with E-state index in [1.54, 1.807) is 0 Å². The van der Waals surface area contributed by atoms with Gasteiger partial charge in [0.15, 0.2) is 5.82 Å². The fourth-order valence-electron chi connectivity index (χ4n) is 5.07. The van der Waals surface area contributed by atoms with E-state index in [0.717, 1.165) is 38.0 Å². The smallest absolute Gasteiger partial charge is 0.173 e. The van der Waals surface area contributed by atoms with E-state index >= 15 is 0 Å². The van der Waals surface area contributed by atoms with Crippen LogP contribution >= 0.6 is 0 Å². The summed E-state index contributed by atoms with van der Waals surface area (Å²) in [4.78, 5) is 5.27. The van der Waals surface area contributed by atoms with Gasteiger partial charge in [0.2, 0.25) is 0 Å². The molecule has 2 heterocycles. The molecule has 1 aliphatic carbocycles. The van der Waals surface area contributed by atoms with E-state index in [1.165, 1.54) is 36.8 Å². The predicted molar refractivity (Wildman–Crippen MR) is 117 cm³/mol. The van der Waals surface area contributed by atoms with Crippen molar-refractivity contribution in [1.29, 1.82) is 0 Å². The van der Waals surface area contributed by atoms with E-state index in [2.05, 4.69) is 79.9 Å². The largest absolute Gasteiger partial charge is 0.298 e. The quantitative estimate of drug-likeness (QED) is 0.633. The molecule has 1 aliphatic heterocycles. The van der Waals surface area contributed by atoms with E-state index in [-0.39, 0.29) is 6.04 Å². The van der Waals surface area contributed by atoms with Gasteiger partial charge in [-0.2, -0.15) is 0 Å². The Morgan fingerprint density at radius 1 is 0.833 bits per heavy atom. The van der Waals surface area contributed by atoms with Crippen molar-refractivity contribution >= 4 is 0 Å². The summed E-state index contributed by atoms with van der Waals surface area (Å²) in [5.41, 5.74) is 2.47. The van der Waals surface area contributed by atoms with Gasteiger partial charge in [-0.05, 0) is 34.4 Å². The van der Waals surface area contributed by atoms with Gasteiger partial charge in [0, 0.05) is 32.2 Å². The summed E-state index contributed by atoms with van der Waals surface area (Å²) in [5.74, 6) is 0.930. The van der Waals surface area contributed by atoms with Gasteiger partial charge in [0.25, 0.3) is 0 Å². The SMILES string of the molecule is c1ccc(Cn2nnnc2C(c2ccccc2)N2CCN(C3CCCC3)CC2)cc1. The molecule has 0 radical (unpaired) electrons. The number of tetrazole rings is 1. The molecule has 2 aromatic carbocycles. The second-order valence-electron chi connectivity index (χ2n) is 8.50. The Labute approximate surface area is 178 Å². The van der Waals surface area contributed by atoms with Crippen LogP contribution in [0.2, 0.25) is 0 Å². The fourth-order valence-corrected chi connectivity index (χ4v) is 5.07. The van der Waals surface area contributed by atoms with E-state index < -0.39 is 0 Å². The normalized spacial score (nSPS) is 19.9. The van der Waals surface area contributed by atoms with Crippen LogP contribution in [0.5, 0.6) is 0 Å². The van der Waals surface area contributed by atoms with Crippen LogP contribution in [-0.2, 0) is 6.54 Å². The van der Waals surface area contributed by atoms with Crippen LogP contribution in [0.25, 0.3) is 0 Å². The molecule has 1 saturated carbocycles. The molecule has 30 heavy (non-hydrogen) atoms. The van der Waals surface area contributed by atoms with Gasteiger partial charge in [0.05, 0.1) is 12.6 Å². The number of rotatable bonds is 6. The summed E-state index contributed by atoms with van der Waals surface area (Å²) in [6, 6.07) is 22.0. The van der Waals surface area contributed by atoms with Crippen molar-refractivity contribution in [3.8, 4) is 0 Å². The summed E-state index contributed by atoms with van der Waals surface area (Å²) in [6.07, 6.45) is 5.53. The molecule has 0 bridgehead atoms. The van der Waals surface area contributed by atoms with E-state index in [0.29, 0.717) is 6.54 Å². The van der Waals surface area contributed by atoms with Gasteiger partial charge in [-0.25, -0.2) is 4.68 Å². The number of nitrogens with zero attached hydrogens (tertiary/aromatic N) is 6. The second kappa shape index (κ2) is 9.06. The zero-order valence-electron chi connectivity index (χ0n) is 17.5. The summed E-state index contributed by atoms with van der Waals surface area (Å²) in [6.45, 7) is 5.06. The van der Waals surface area contributed by atoms with Crippen LogP contribution < -0.4 is 0 Å². The molecule has 0 amide bonds. The lowest BCUT2D eigenvalue weighted by molar-refractivity contribution is 0.0771.